The van der Waals surface area contributed by atoms with Gasteiger partial charge in [-0.1, -0.05) is 30.3 Å². The van der Waals surface area contributed by atoms with Gasteiger partial charge in [-0.05, 0) is 78.9 Å². The topological polar surface area (TPSA) is 85.7 Å². The SMILES string of the molecule is COc1ccc(C(C)=O)cc1COC(=O)c1c2c(nc3ccccc13)/C(=C/c1ccc(O)cc1)CC2. The smallest absolute Gasteiger partial charge is 0.339 e. The Morgan fingerprint density at radius 3 is 2.56 bits per heavy atom. The molecule has 0 aliphatic heterocycles. The molecule has 6 nitrogen and oxygen atoms in total. The maximum Gasteiger partial charge on any atom is 0.339 e. The van der Waals surface area contributed by atoms with Gasteiger partial charge in [0.15, 0.2) is 5.78 Å². The van der Waals surface area contributed by atoms with Gasteiger partial charge in [-0.3, -0.25) is 4.79 Å². The first-order chi connectivity index (χ1) is 17.4. The molecule has 3 aromatic carbocycles. The number of hydrogen-bond acceptors (Lipinski definition) is 6. The highest BCUT2D eigenvalue weighted by molar-refractivity contribution is 6.07. The molecule has 180 valence electrons. The number of methoxy groups -OCH3 is 1. The van der Waals surface area contributed by atoms with E-state index in [-0.39, 0.29) is 18.1 Å². The summed E-state index contributed by atoms with van der Waals surface area (Å²) >= 11 is 0. The van der Waals surface area contributed by atoms with E-state index in [1.165, 1.54) is 6.92 Å². The summed E-state index contributed by atoms with van der Waals surface area (Å²) in [6.07, 6.45) is 3.46. The van der Waals surface area contributed by atoms with Gasteiger partial charge in [0.1, 0.15) is 18.1 Å². The number of nitrogens with zero attached hydrogens (tertiary/aromatic N) is 1. The third-order valence-electron chi connectivity index (χ3n) is 6.43. The van der Waals surface area contributed by atoms with Crippen molar-refractivity contribution in [3.8, 4) is 11.5 Å². The van der Waals surface area contributed by atoms with Crippen molar-refractivity contribution in [1.82, 2.24) is 4.98 Å². The molecule has 0 saturated carbocycles. The first kappa shape index (κ1) is 23.3. The van der Waals surface area contributed by atoms with Crippen LogP contribution in [0.5, 0.6) is 11.5 Å². The average Bonchev–Trinajstić information content (AvgIpc) is 3.28. The maximum atomic E-state index is 13.5. The molecule has 1 heterocycles. The molecule has 6 heteroatoms. The minimum atomic E-state index is -0.439. The molecule has 0 spiro atoms. The number of benzene rings is 3. The first-order valence-electron chi connectivity index (χ1n) is 11.7. The summed E-state index contributed by atoms with van der Waals surface area (Å²) in [7, 11) is 1.54. The van der Waals surface area contributed by atoms with Crippen LogP contribution in [0.2, 0.25) is 0 Å². The Bertz CT molecular complexity index is 1520. The van der Waals surface area contributed by atoms with Crippen molar-refractivity contribution in [2.45, 2.75) is 26.4 Å². The minimum Gasteiger partial charge on any atom is -0.508 e. The van der Waals surface area contributed by atoms with Gasteiger partial charge in [0.05, 0.1) is 23.9 Å². The highest BCUT2D eigenvalue weighted by Crippen LogP contribution is 2.38. The zero-order chi connectivity index (χ0) is 25.2. The number of esters is 1. The number of phenolic OH excluding ortho intramolecular Hbond substituents is 1. The second-order valence-corrected chi connectivity index (χ2v) is 8.75. The molecular formula is C30H25NO5. The normalized spacial score (nSPS) is 13.6. The van der Waals surface area contributed by atoms with Crippen molar-refractivity contribution in [3.05, 3.63) is 100 Å². The number of ketones is 1. The van der Waals surface area contributed by atoms with E-state index in [2.05, 4.69) is 0 Å². The van der Waals surface area contributed by atoms with E-state index in [1.807, 2.05) is 42.5 Å². The fraction of sp³-hybridized carbons (Fsp3) is 0.167. The van der Waals surface area contributed by atoms with Crippen LogP contribution in [-0.2, 0) is 17.8 Å². The van der Waals surface area contributed by atoms with Gasteiger partial charge in [-0.15, -0.1) is 0 Å². The summed E-state index contributed by atoms with van der Waals surface area (Å²) in [6, 6.07) is 19.6. The van der Waals surface area contributed by atoms with Gasteiger partial charge >= 0.3 is 5.97 Å². The Labute approximate surface area is 208 Å². The molecule has 0 unspecified atom stereocenters. The minimum absolute atomic E-state index is 0.0231. The molecule has 0 atom stereocenters. The van der Waals surface area contributed by atoms with E-state index in [1.54, 1.807) is 37.4 Å². The lowest BCUT2D eigenvalue weighted by atomic mass is 10.0. The highest BCUT2D eigenvalue weighted by atomic mass is 16.5. The largest absolute Gasteiger partial charge is 0.508 e. The van der Waals surface area contributed by atoms with E-state index in [4.69, 9.17) is 14.5 Å². The van der Waals surface area contributed by atoms with Crippen molar-refractivity contribution < 1.29 is 24.2 Å². The number of allylic oxidation sites excluding steroid dienone is 1. The molecule has 5 rings (SSSR count). The third-order valence-corrected chi connectivity index (χ3v) is 6.43. The van der Waals surface area contributed by atoms with Crippen molar-refractivity contribution in [3.63, 3.8) is 0 Å². The predicted molar refractivity (Wildman–Crippen MR) is 138 cm³/mol. The number of fused-ring (bicyclic) bond motifs is 2. The summed E-state index contributed by atoms with van der Waals surface area (Å²) in [4.78, 5) is 30.2. The first-order valence-corrected chi connectivity index (χ1v) is 11.7. The standard InChI is InChI=1S/C30H25NO5/c1-18(32)20-10-14-27(35-2)22(16-20)17-36-30(34)28-24-5-3-4-6-26(24)31-29-21(9-13-25(28)29)15-19-7-11-23(33)12-8-19/h3-8,10-12,14-16,33H,9,13,17H2,1-2H3/b21-15+. The molecule has 36 heavy (non-hydrogen) atoms. The lowest BCUT2D eigenvalue weighted by Crippen LogP contribution is -2.11. The summed E-state index contributed by atoms with van der Waals surface area (Å²) in [5.41, 5.74) is 6.04. The van der Waals surface area contributed by atoms with Crippen molar-refractivity contribution >= 4 is 34.3 Å². The van der Waals surface area contributed by atoms with E-state index < -0.39 is 5.97 Å². The molecule has 1 aliphatic carbocycles. The molecule has 1 aliphatic rings. The van der Waals surface area contributed by atoms with Crippen LogP contribution in [-0.4, -0.2) is 29.0 Å². The van der Waals surface area contributed by atoms with Crippen LogP contribution >= 0.6 is 0 Å². The van der Waals surface area contributed by atoms with E-state index in [9.17, 15) is 14.7 Å². The Hall–Kier alpha value is -4.45. The van der Waals surface area contributed by atoms with Crippen LogP contribution < -0.4 is 4.74 Å². The predicted octanol–water partition coefficient (Wildman–Crippen LogP) is 6.00. The number of rotatable bonds is 6. The van der Waals surface area contributed by atoms with Crippen LogP contribution in [0.1, 0.15) is 56.4 Å². The van der Waals surface area contributed by atoms with Crippen LogP contribution in [0.4, 0.5) is 0 Å². The Kier molecular flexibility index (Phi) is 6.25. The molecule has 4 aromatic rings. The number of carbonyl (C=O) groups is 2. The summed E-state index contributed by atoms with van der Waals surface area (Å²) in [5, 5.41) is 10.3. The number of hydrogen-bond donors (Lipinski definition) is 1. The molecule has 0 radical (unpaired) electrons. The second kappa shape index (κ2) is 9.66. The number of aromatic nitrogens is 1. The summed E-state index contributed by atoms with van der Waals surface area (Å²) < 4.78 is 11.2. The molecule has 0 fully saturated rings. The van der Waals surface area contributed by atoms with Crippen molar-refractivity contribution in [1.29, 1.82) is 0 Å². The van der Waals surface area contributed by atoms with Gasteiger partial charge in [0.25, 0.3) is 0 Å². The zero-order valence-corrected chi connectivity index (χ0v) is 20.1. The lowest BCUT2D eigenvalue weighted by Gasteiger charge is -2.14. The van der Waals surface area contributed by atoms with E-state index in [0.29, 0.717) is 28.9 Å². The van der Waals surface area contributed by atoms with Gasteiger partial charge in [0, 0.05) is 16.5 Å². The van der Waals surface area contributed by atoms with Crippen LogP contribution in [0.15, 0.2) is 66.7 Å². The fourth-order valence-electron chi connectivity index (χ4n) is 4.61. The average molecular weight is 480 g/mol. The Morgan fingerprint density at radius 1 is 1.03 bits per heavy atom. The maximum absolute atomic E-state index is 13.5. The summed E-state index contributed by atoms with van der Waals surface area (Å²) in [5.74, 6) is 0.252. The number of para-hydroxylation sites is 1. The Morgan fingerprint density at radius 2 is 1.81 bits per heavy atom. The number of phenols is 1. The second-order valence-electron chi connectivity index (χ2n) is 8.75. The van der Waals surface area contributed by atoms with Crippen molar-refractivity contribution in [2.24, 2.45) is 0 Å². The molecular weight excluding hydrogens is 454 g/mol. The number of Topliss-reactive ketones (excluding diaryl/α,β-unsaturated/α-hetero) is 1. The van der Waals surface area contributed by atoms with Crippen molar-refractivity contribution in [2.75, 3.05) is 7.11 Å². The number of carbonyl (C=O) groups excluding carboxylic acids is 2. The van der Waals surface area contributed by atoms with Gasteiger partial charge in [0.2, 0.25) is 0 Å². The quantitative estimate of drug-likeness (QED) is 0.270. The fourth-order valence-corrected chi connectivity index (χ4v) is 4.61. The van der Waals surface area contributed by atoms with E-state index in [0.717, 1.165) is 39.7 Å². The zero-order valence-electron chi connectivity index (χ0n) is 20.1. The molecule has 1 N–H and O–H groups in total. The van der Waals surface area contributed by atoms with E-state index >= 15 is 0 Å². The molecule has 0 amide bonds. The molecule has 1 aromatic heterocycles. The van der Waals surface area contributed by atoms with Crippen LogP contribution in [0, 0.1) is 0 Å². The lowest BCUT2D eigenvalue weighted by molar-refractivity contribution is 0.0471. The number of aromatic hydroxyl groups is 1. The van der Waals surface area contributed by atoms with Gasteiger partial charge in [-0.2, -0.15) is 0 Å². The van der Waals surface area contributed by atoms with Crippen LogP contribution in [0.25, 0.3) is 22.6 Å². The number of pyridine rings is 1. The Balaban J connectivity index is 1.52. The van der Waals surface area contributed by atoms with Crippen LogP contribution in [0.3, 0.4) is 0 Å². The number of ether oxygens (including phenoxy) is 2. The molecule has 0 bridgehead atoms. The van der Waals surface area contributed by atoms with Gasteiger partial charge < -0.3 is 14.6 Å². The third kappa shape index (κ3) is 4.45. The highest BCUT2D eigenvalue weighted by Gasteiger charge is 2.28. The monoisotopic (exact) mass is 479 g/mol. The summed E-state index contributed by atoms with van der Waals surface area (Å²) in [6.45, 7) is 1.47. The van der Waals surface area contributed by atoms with Gasteiger partial charge in [-0.25, -0.2) is 9.78 Å². The molecule has 0 saturated heterocycles.